The summed E-state index contributed by atoms with van der Waals surface area (Å²) in [7, 11) is 0. The molecule has 0 unspecified atom stereocenters. The van der Waals surface area contributed by atoms with Gasteiger partial charge in [-0.1, -0.05) is 23.9 Å². The first kappa shape index (κ1) is 20.5. The fourth-order valence-electron chi connectivity index (χ4n) is 2.54. The molecule has 0 aliphatic heterocycles. The van der Waals surface area contributed by atoms with Gasteiger partial charge in [0.25, 0.3) is 0 Å². The lowest BCUT2D eigenvalue weighted by Gasteiger charge is -2.10. The van der Waals surface area contributed by atoms with Crippen LogP contribution in [0.1, 0.15) is 12.5 Å². The van der Waals surface area contributed by atoms with Gasteiger partial charge in [0.05, 0.1) is 5.56 Å². The molecule has 28 heavy (non-hydrogen) atoms. The first-order chi connectivity index (χ1) is 13.4. The summed E-state index contributed by atoms with van der Waals surface area (Å²) in [6.07, 6.45) is -0.990. The molecule has 0 fully saturated rings. The molecule has 10 heteroatoms. The van der Waals surface area contributed by atoms with Crippen molar-refractivity contribution >= 4 is 23.5 Å². The molecule has 5 nitrogen and oxygen atoms in total. The van der Waals surface area contributed by atoms with Gasteiger partial charge in [0.2, 0.25) is 0 Å². The standard InChI is InChI=1S/C18H17F3N4OS2/c1-3-25-15(14-5-4-10-22-16(14)27-2)23-24-17(25)28-11-12-6-8-13(9-7-12)26-18(19,20)21/h4-10H,3,11H2,1-2H3. The van der Waals surface area contributed by atoms with E-state index in [-0.39, 0.29) is 5.75 Å². The normalized spacial score (nSPS) is 11.6. The summed E-state index contributed by atoms with van der Waals surface area (Å²) in [6, 6.07) is 9.65. The maximum atomic E-state index is 12.2. The number of nitrogens with zero attached hydrogens (tertiary/aromatic N) is 4. The minimum Gasteiger partial charge on any atom is -0.406 e. The van der Waals surface area contributed by atoms with Gasteiger partial charge in [-0.15, -0.1) is 35.1 Å². The highest BCUT2D eigenvalue weighted by molar-refractivity contribution is 7.98. The van der Waals surface area contributed by atoms with E-state index < -0.39 is 6.36 Å². The molecule has 1 aromatic carbocycles. The summed E-state index contributed by atoms with van der Waals surface area (Å²) in [5.41, 5.74) is 1.78. The number of pyridine rings is 1. The Bertz CT molecular complexity index is 929. The third-order valence-electron chi connectivity index (χ3n) is 3.76. The second-order valence-electron chi connectivity index (χ2n) is 5.59. The molecule has 0 aliphatic carbocycles. The number of benzene rings is 1. The minimum absolute atomic E-state index is 0.235. The zero-order chi connectivity index (χ0) is 20.1. The lowest BCUT2D eigenvalue weighted by molar-refractivity contribution is -0.274. The van der Waals surface area contributed by atoms with Crippen LogP contribution >= 0.6 is 23.5 Å². The van der Waals surface area contributed by atoms with Crippen molar-refractivity contribution in [3.63, 3.8) is 0 Å². The van der Waals surface area contributed by atoms with Crippen LogP contribution in [0.25, 0.3) is 11.4 Å². The molecule has 2 aromatic heterocycles. The van der Waals surface area contributed by atoms with Crippen LogP contribution in [-0.2, 0) is 12.3 Å². The van der Waals surface area contributed by atoms with Crippen molar-refractivity contribution < 1.29 is 17.9 Å². The average molecular weight is 426 g/mol. The van der Waals surface area contributed by atoms with Gasteiger partial charge in [-0.3, -0.25) is 0 Å². The van der Waals surface area contributed by atoms with Gasteiger partial charge in [0, 0.05) is 18.5 Å². The summed E-state index contributed by atoms with van der Waals surface area (Å²) in [4.78, 5) is 4.37. The summed E-state index contributed by atoms with van der Waals surface area (Å²) >= 11 is 3.01. The van der Waals surface area contributed by atoms with Crippen LogP contribution < -0.4 is 4.74 Å². The number of ether oxygens (including phenoxy) is 1. The average Bonchev–Trinajstić information content (AvgIpc) is 3.09. The topological polar surface area (TPSA) is 52.8 Å². The van der Waals surface area contributed by atoms with Crippen molar-refractivity contribution in [1.29, 1.82) is 0 Å². The van der Waals surface area contributed by atoms with Crippen molar-refractivity contribution in [1.82, 2.24) is 19.7 Å². The molecule has 0 radical (unpaired) electrons. The largest absolute Gasteiger partial charge is 0.573 e. The van der Waals surface area contributed by atoms with Gasteiger partial charge in [0.15, 0.2) is 11.0 Å². The second kappa shape index (κ2) is 8.87. The van der Waals surface area contributed by atoms with Crippen molar-refractivity contribution in [2.24, 2.45) is 0 Å². The Kier molecular flexibility index (Phi) is 6.50. The molecular formula is C18H17F3N4OS2. The Hall–Kier alpha value is -2.20. The smallest absolute Gasteiger partial charge is 0.406 e. The van der Waals surface area contributed by atoms with E-state index >= 15 is 0 Å². The molecule has 3 aromatic rings. The summed E-state index contributed by atoms with van der Waals surface area (Å²) in [5, 5.41) is 10.2. The zero-order valence-electron chi connectivity index (χ0n) is 15.1. The molecule has 0 saturated carbocycles. The highest BCUT2D eigenvalue weighted by Crippen LogP contribution is 2.31. The van der Waals surface area contributed by atoms with Crippen LogP contribution in [0, 0.1) is 0 Å². The molecular weight excluding hydrogens is 409 g/mol. The number of hydrogen-bond acceptors (Lipinski definition) is 6. The predicted octanol–water partition coefficient (Wildman–Crippen LogP) is 5.27. The third-order valence-corrected chi connectivity index (χ3v) is 5.51. The van der Waals surface area contributed by atoms with Gasteiger partial charge in [-0.2, -0.15) is 0 Å². The Balaban J connectivity index is 1.74. The van der Waals surface area contributed by atoms with E-state index in [0.717, 1.165) is 27.1 Å². The molecule has 0 N–H and O–H groups in total. The number of thioether (sulfide) groups is 2. The number of alkyl halides is 3. The predicted molar refractivity (Wildman–Crippen MR) is 103 cm³/mol. The molecule has 148 valence electrons. The van der Waals surface area contributed by atoms with Crippen LogP contribution in [0.15, 0.2) is 52.8 Å². The van der Waals surface area contributed by atoms with E-state index in [2.05, 4.69) is 19.9 Å². The quantitative estimate of drug-likeness (QED) is 0.480. The first-order valence-corrected chi connectivity index (χ1v) is 10.5. The van der Waals surface area contributed by atoms with Gasteiger partial charge < -0.3 is 9.30 Å². The lowest BCUT2D eigenvalue weighted by Crippen LogP contribution is -2.16. The van der Waals surface area contributed by atoms with E-state index in [4.69, 9.17) is 0 Å². The Labute approximate surface area is 168 Å². The molecule has 0 spiro atoms. The first-order valence-electron chi connectivity index (χ1n) is 8.31. The number of aromatic nitrogens is 4. The van der Waals surface area contributed by atoms with Gasteiger partial charge in [0.1, 0.15) is 10.8 Å². The maximum Gasteiger partial charge on any atom is 0.573 e. The summed E-state index contributed by atoms with van der Waals surface area (Å²) < 4.78 is 42.6. The van der Waals surface area contributed by atoms with E-state index in [1.807, 2.05) is 29.9 Å². The Morgan fingerprint density at radius 1 is 1.11 bits per heavy atom. The maximum absolute atomic E-state index is 12.2. The minimum atomic E-state index is -4.69. The number of halogens is 3. The van der Waals surface area contributed by atoms with Crippen LogP contribution in [-0.4, -0.2) is 32.4 Å². The van der Waals surface area contributed by atoms with Gasteiger partial charge in [-0.05, 0) is 43.0 Å². The van der Waals surface area contributed by atoms with E-state index in [1.165, 1.54) is 23.9 Å². The second-order valence-corrected chi connectivity index (χ2v) is 7.33. The van der Waals surface area contributed by atoms with Crippen LogP contribution in [0.5, 0.6) is 5.75 Å². The SMILES string of the molecule is CCn1c(SCc2ccc(OC(F)(F)F)cc2)nnc1-c1cccnc1SC. The third kappa shape index (κ3) is 4.99. The Morgan fingerprint density at radius 3 is 2.50 bits per heavy atom. The highest BCUT2D eigenvalue weighted by atomic mass is 32.2. The van der Waals surface area contributed by atoms with Gasteiger partial charge >= 0.3 is 6.36 Å². The van der Waals surface area contributed by atoms with E-state index in [1.54, 1.807) is 30.1 Å². The van der Waals surface area contributed by atoms with Crippen molar-refractivity contribution in [2.45, 2.75) is 35.8 Å². The van der Waals surface area contributed by atoms with Crippen LogP contribution in [0.3, 0.4) is 0 Å². The molecule has 0 aliphatic rings. The van der Waals surface area contributed by atoms with Crippen molar-refractivity contribution in [3.8, 4) is 17.1 Å². The molecule has 0 amide bonds. The molecule has 0 bridgehead atoms. The van der Waals surface area contributed by atoms with Crippen molar-refractivity contribution in [3.05, 3.63) is 48.2 Å². The fraction of sp³-hybridized carbons (Fsp3) is 0.278. The zero-order valence-corrected chi connectivity index (χ0v) is 16.7. The highest BCUT2D eigenvalue weighted by Gasteiger charge is 2.30. The van der Waals surface area contributed by atoms with E-state index in [0.29, 0.717) is 12.3 Å². The Morgan fingerprint density at radius 2 is 1.86 bits per heavy atom. The molecule has 2 heterocycles. The number of hydrogen-bond donors (Lipinski definition) is 0. The van der Waals surface area contributed by atoms with E-state index in [9.17, 15) is 13.2 Å². The molecule has 0 atom stereocenters. The van der Waals surface area contributed by atoms with Crippen LogP contribution in [0.4, 0.5) is 13.2 Å². The molecule has 3 rings (SSSR count). The fourth-order valence-corrected chi connectivity index (χ4v) is 4.04. The van der Waals surface area contributed by atoms with Crippen molar-refractivity contribution in [2.75, 3.05) is 6.26 Å². The summed E-state index contributed by atoms with van der Waals surface area (Å²) in [5.74, 6) is 1.06. The van der Waals surface area contributed by atoms with Gasteiger partial charge in [-0.25, -0.2) is 4.98 Å². The summed E-state index contributed by atoms with van der Waals surface area (Å²) in [6.45, 7) is 2.70. The lowest BCUT2D eigenvalue weighted by atomic mass is 10.2. The number of rotatable bonds is 7. The monoisotopic (exact) mass is 426 g/mol. The molecule has 0 saturated heterocycles. The van der Waals surface area contributed by atoms with Crippen LogP contribution in [0.2, 0.25) is 0 Å².